The maximum Gasteiger partial charge on any atom is 0.228 e. The molecule has 7 nitrogen and oxygen atoms in total. The summed E-state index contributed by atoms with van der Waals surface area (Å²) in [5, 5.41) is 11.9. The summed E-state index contributed by atoms with van der Waals surface area (Å²) >= 11 is 1.59. The third-order valence-corrected chi connectivity index (χ3v) is 7.33. The highest BCUT2D eigenvalue weighted by atomic mass is 32.1. The molecule has 28 heavy (non-hydrogen) atoms. The van der Waals surface area contributed by atoms with Gasteiger partial charge in [0.15, 0.2) is 5.78 Å². The van der Waals surface area contributed by atoms with Crippen LogP contribution in [0.5, 0.6) is 0 Å². The Morgan fingerprint density at radius 2 is 2.11 bits per heavy atom. The monoisotopic (exact) mass is 401 g/mol. The van der Waals surface area contributed by atoms with Crippen LogP contribution in [0.1, 0.15) is 73.2 Å². The summed E-state index contributed by atoms with van der Waals surface area (Å²) in [6, 6.07) is 0.103. The van der Waals surface area contributed by atoms with Gasteiger partial charge in [0.25, 0.3) is 0 Å². The number of carbonyl (C=O) groups excluding carboxylic acids is 2. The van der Waals surface area contributed by atoms with Gasteiger partial charge in [0.1, 0.15) is 10.8 Å². The van der Waals surface area contributed by atoms with E-state index in [0.29, 0.717) is 24.6 Å². The normalized spacial score (nSPS) is 21.4. The third-order valence-electron chi connectivity index (χ3n) is 6.12. The Labute approximate surface area is 169 Å². The minimum atomic E-state index is 0. The number of nitrogens with two attached hydrogens (primary N) is 1. The molecule has 2 saturated carbocycles. The molecule has 0 aromatic carbocycles. The van der Waals surface area contributed by atoms with E-state index in [4.69, 9.17) is 5.73 Å². The Balaban J connectivity index is 0.00000205. The van der Waals surface area contributed by atoms with Crippen LogP contribution in [0.15, 0.2) is 6.20 Å². The second-order valence-corrected chi connectivity index (χ2v) is 9.48. The molecule has 2 aromatic heterocycles. The molecule has 2 heterocycles. The number of anilines is 2. The SMILES string of the molecule is Nc1cnnn1C1CCc2sc(NC(=O)C3CC3)c(C(=O)CCC3CC3)c2C1.[HH]. The number of rotatable bonds is 7. The number of fused-ring (bicyclic) bond motifs is 1. The summed E-state index contributed by atoms with van der Waals surface area (Å²) in [5.41, 5.74) is 7.84. The Kier molecular flexibility index (Phi) is 4.45. The van der Waals surface area contributed by atoms with Gasteiger partial charge in [-0.2, -0.15) is 0 Å². The van der Waals surface area contributed by atoms with Gasteiger partial charge in [-0.3, -0.25) is 9.59 Å². The summed E-state index contributed by atoms with van der Waals surface area (Å²) in [5.74, 6) is 1.61. The number of hydrogen-bond donors (Lipinski definition) is 2. The van der Waals surface area contributed by atoms with Crippen molar-refractivity contribution >= 4 is 33.8 Å². The molecular weight excluding hydrogens is 374 g/mol. The highest BCUT2D eigenvalue weighted by Gasteiger charge is 2.34. The molecule has 0 saturated heterocycles. The lowest BCUT2D eigenvalue weighted by Gasteiger charge is -2.23. The van der Waals surface area contributed by atoms with Crippen molar-refractivity contribution < 1.29 is 11.0 Å². The van der Waals surface area contributed by atoms with E-state index >= 15 is 0 Å². The van der Waals surface area contributed by atoms with E-state index in [-0.39, 0.29) is 25.1 Å². The second-order valence-electron chi connectivity index (χ2n) is 8.38. The van der Waals surface area contributed by atoms with E-state index in [2.05, 4.69) is 15.6 Å². The van der Waals surface area contributed by atoms with Crippen molar-refractivity contribution in [3.05, 3.63) is 22.2 Å². The molecule has 8 heteroatoms. The first kappa shape index (κ1) is 17.8. The number of carbonyl (C=O) groups is 2. The highest BCUT2D eigenvalue weighted by molar-refractivity contribution is 7.17. The fraction of sp³-hybridized carbons (Fsp3) is 0.600. The van der Waals surface area contributed by atoms with Crippen molar-refractivity contribution in [2.75, 3.05) is 11.1 Å². The number of nitrogens with zero attached hydrogens (tertiary/aromatic N) is 3. The van der Waals surface area contributed by atoms with Crippen LogP contribution in [0.3, 0.4) is 0 Å². The molecule has 3 N–H and O–H groups in total. The minimum absolute atomic E-state index is 0. The summed E-state index contributed by atoms with van der Waals surface area (Å²) < 4.78 is 1.77. The fourth-order valence-electron chi connectivity index (χ4n) is 4.12. The van der Waals surface area contributed by atoms with E-state index in [1.54, 1.807) is 22.2 Å². The average Bonchev–Trinajstić information content (AvgIpc) is 3.60. The summed E-state index contributed by atoms with van der Waals surface area (Å²) in [6.07, 6.45) is 9.97. The van der Waals surface area contributed by atoms with E-state index in [0.717, 1.165) is 48.2 Å². The van der Waals surface area contributed by atoms with Gasteiger partial charge in [-0.25, -0.2) is 4.68 Å². The number of hydrogen-bond acceptors (Lipinski definition) is 6. The molecule has 3 aliphatic rings. The quantitative estimate of drug-likeness (QED) is 0.690. The van der Waals surface area contributed by atoms with Gasteiger partial charge >= 0.3 is 0 Å². The van der Waals surface area contributed by atoms with Gasteiger partial charge in [0.2, 0.25) is 5.91 Å². The van der Waals surface area contributed by atoms with E-state index in [1.807, 2.05) is 0 Å². The van der Waals surface area contributed by atoms with Gasteiger partial charge in [-0.15, -0.1) is 16.4 Å². The van der Waals surface area contributed by atoms with Gasteiger partial charge in [-0.1, -0.05) is 18.1 Å². The van der Waals surface area contributed by atoms with E-state index < -0.39 is 0 Å². The van der Waals surface area contributed by atoms with Gasteiger partial charge in [0.05, 0.1) is 17.8 Å². The lowest BCUT2D eigenvalue weighted by Crippen LogP contribution is -2.22. The van der Waals surface area contributed by atoms with Crippen molar-refractivity contribution in [1.29, 1.82) is 0 Å². The summed E-state index contributed by atoms with van der Waals surface area (Å²) in [4.78, 5) is 26.8. The van der Waals surface area contributed by atoms with Crippen molar-refractivity contribution in [3.8, 4) is 0 Å². The van der Waals surface area contributed by atoms with Crippen LogP contribution in [0, 0.1) is 11.8 Å². The number of nitrogens with one attached hydrogen (secondary N) is 1. The number of nitrogen functional groups attached to an aromatic ring is 1. The number of Topliss-reactive ketones (excluding diaryl/α,β-unsaturated/α-hetero) is 1. The zero-order chi connectivity index (χ0) is 19.3. The average molecular weight is 402 g/mol. The van der Waals surface area contributed by atoms with Crippen LogP contribution in [-0.2, 0) is 17.6 Å². The topological polar surface area (TPSA) is 103 Å². The molecule has 0 aliphatic heterocycles. The zero-order valence-corrected chi connectivity index (χ0v) is 16.6. The third kappa shape index (κ3) is 3.45. The molecule has 0 bridgehead atoms. The maximum atomic E-state index is 13.2. The first-order valence-electron chi connectivity index (χ1n) is 10.2. The van der Waals surface area contributed by atoms with Crippen molar-refractivity contribution in [3.63, 3.8) is 0 Å². The molecule has 5 rings (SSSR count). The molecule has 3 aliphatic carbocycles. The molecule has 1 unspecified atom stereocenters. The van der Waals surface area contributed by atoms with Gasteiger partial charge in [0, 0.05) is 18.6 Å². The van der Waals surface area contributed by atoms with Gasteiger partial charge in [-0.05, 0) is 50.0 Å². The summed E-state index contributed by atoms with van der Waals surface area (Å²) in [7, 11) is 0. The minimum Gasteiger partial charge on any atom is -0.383 e. The molecule has 150 valence electrons. The Bertz CT molecular complexity index is 931. The Morgan fingerprint density at radius 3 is 2.79 bits per heavy atom. The zero-order valence-electron chi connectivity index (χ0n) is 15.8. The molecule has 2 fully saturated rings. The fourth-order valence-corrected chi connectivity index (χ4v) is 5.38. The van der Waals surface area contributed by atoms with Crippen molar-refractivity contribution in [1.82, 2.24) is 15.0 Å². The number of aryl methyl sites for hydroxylation is 1. The van der Waals surface area contributed by atoms with Crippen LogP contribution in [0.25, 0.3) is 0 Å². The predicted octanol–water partition coefficient (Wildman–Crippen LogP) is 3.62. The van der Waals surface area contributed by atoms with Crippen LogP contribution in [0.2, 0.25) is 0 Å². The number of thiophene rings is 1. The lowest BCUT2D eigenvalue weighted by molar-refractivity contribution is -0.117. The van der Waals surface area contributed by atoms with Crippen LogP contribution < -0.4 is 11.1 Å². The predicted molar refractivity (Wildman–Crippen MR) is 110 cm³/mol. The molecular formula is C20H27N5O2S. The van der Waals surface area contributed by atoms with Crippen LogP contribution >= 0.6 is 11.3 Å². The van der Waals surface area contributed by atoms with Crippen LogP contribution in [-0.4, -0.2) is 26.7 Å². The second kappa shape index (κ2) is 6.99. The largest absolute Gasteiger partial charge is 0.383 e. The first-order valence-corrected chi connectivity index (χ1v) is 11.1. The summed E-state index contributed by atoms with van der Waals surface area (Å²) in [6.45, 7) is 0. The van der Waals surface area contributed by atoms with Crippen LogP contribution in [0.4, 0.5) is 10.8 Å². The van der Waals surface area contributed by atoms with E-state index in [1.165, 1.54) is 17.7 Å². The molecule has 2 aromatic rings. The first-order chi connectivity index (χ1) is 13.6. The molecule has 1 amide bonds. The molecule has 0 spiro atoms. The standard InChI is InChI=1S/C20H25N5O2S.H2/c21-17-10-22-24-25(17)13-6-8-16-14(9-13)18(15(26)7-3-11-1-2-11)20(28-16)23-19(27)12-4-5-12;/h10-13H,1-9,21H2,(H,23,27);1H. The lowest BCUT2D eigenvalue weighted by atomic mass is 9.89. The van der Waals surface area contributed by atoms with E-state index in [9.17, 15) is 9.59 Å². The molecule has 1 atom stereocenters. The number of aromatic nitrogens is 3. The van der Waals surface area contributed by atoms with Gasteiger partial charge < -0.3 is 11.1 Å². The highest BCUT2D eigenvalue weighted by Crippen LogP contribution is 2.43. The smallest absolute Gasteiger partial charge is 0.228 e. The Morgan fingerprint density at radius 1 is 1.29 bits per heavy atom. The number of ketones is 1. The number of amides is 1. The molecule has 0 radical (unpaired) electrons. The Hall–Kier alpha value is -2.22. The maximum absolute atomic E-state index is 13.2. The van der Waals surface area contributed by atoms with Crippen molar-refractivity contribution in [2.45, 2.75) is 63.8 Å². The van der Waals surface area contributed by atoms with Crippen molar-refractivity contribution in [2.24, 2.45) is 11.8 Å².